The van der Waals surface area contributed by atoms with Crippen LogP contribution in [-0.2, 0) is 9.59 Å². The summed E-state index contributed by atoms with van der Waals surface area (Å²) < 4.78 is 32.1. The van der Waals surface area contributed by atoms with E-state index in [1.807, 2.05) is 0 Å². The third kappa shape index (κ3) is 3.31. The maximum atomic E-state index is 13.7. The summed E-state index contributed by atoms with van der Waals surface area (Å²) in [6.07, 6.45) is 0. The lowest BCUT2D eigenvalue weighted by molar-refractivity contribution is -0.130. The van der Waals surface area contributed by atoms with Gasteiger partial charge < -0.3 is 15.4 Å². The van der Waals surface area contributed by atoms with Crippen molar-refractivity contribution in [1.82, 2.24) is 5.32 Å². The van der Waals surface area contributed by atoms with Crippen LogP contribution < -0.4 is 15.4 Å². The second-order valence-corrected chi connectivity index (χ2v) is 5.69. The molecule has 3 rings (SSSR count). The molecule has 5 nitrogen and oxygen atoms in total. The molecule has 1 saturated heterocycles. The fourth-order valence-corrected chi connectivity index (χ4v) is 2.90. The first-order chi connectivity index (χ1) is 12.0. The molecule has 7 heteroatoms. The van der Waals surface area contributed by atoms with E-state index in [4.69, 9.17) is 4.74 Å². The molecule has 0 bridgehead atoms. The first-order valence-electron chi connectivity index (χ1n) is 7.68. The second kappa shape index (κ2) is 6.88. The minimum Gasteiger partial charge on any atom is -0.497 e. The Bertz CT molecular complexity index is 808. The molecule has 2 amide bonds. The number of carbonyl (C=O) groups excluding carboxylic acids is 2. The van der Waals surface area contributed by atoms with E-state index in [1.54, 1.807) is 31.4 Å². The lowest BCUT2D eigenvalue weighted by Gasteiger charge is -2.17. The highest BCUT2D eigenvalue weighted by atomic mass is 19.2. The summed E-state index contributed by atoms with van der Waals surface area (Å²) in [6.45, 7) is 0.287. The van der Waals surface area contributed by atoms with Crippen LogP contribution in [0.5, 0.6) is 5.75 Å². The normalized spacial score (nSPS) is 19.4. The Kier molecular flexibility index (Phi) is 4.65. The maximum Gasteiger partial charge on any atom is 0.237 e. The SMILES string of the molecule is COc1ccc([C@H]2CNC(=O)[C@@H]2C(=O)Nc2cccc(F)c2F)cc1. The van der Waals surface area contributed by atoms with Crippen molar-refractivity contribution < 1.29 is 23.1 Å². The van der Waals surface area contributed by atoms with Gasteiger partial charge in [0, 0.05) is 12.5 Å². The highest BCUT2D eigenvalue weighted by Crippen LogP contribution is 2.31. The average Bonchev–Trinajstić information content (AvgIpc) is 3.00. The van der Waals surface area contributed by atoms with Crippen LogP contribution in [-0.4, -0.2) is 25.5 Å². The van der Waals surface area contributed by atoms with Gasteiger partial charge in [0.2, 0.25) is 11.8 Å². The quantitative estimate of drug-likeness (QED) is 0.836. The average molecular weight is 346 g/mol. The molecule has 0 radical (unpaired) electrons. The molecule has 0 unspecified atom stereocenters. The fraction of sp³-hybridized carbons (Fsp3) is 0.222. The van der Waals surface area contributed by atoms with Gasteiger partial charge in [-0.3, -0.25) is 9.59 Å². The molecule has 130 valence electrons. The van der Waals surface area contributed by atoms with Crippen LogP contribution >= 0.6 is 0 Å². The Hall–Kier alpha value is -2.96. The molecule has 0 aromatic heterocycles. The zero-order chi connectivity index (χ0) is 18.0. The van der Waals surface area contributed by atoms with E-state index in [0.717, 1.165) is 11.6 Å². The molecule has 1 aliphatic rings. The van der Waals surface area contributed by atoms with Crippen LogP contribution in [0.25, 0.3) is 0 Å². The van der Waals surface area contributed by atoms with Crippen molar-refractivity contribution in [2.24, 2.45) is 5.92 Å². The first kappa shape index (κ1) is 16.9. The van der Waals surface area contributed by atoms with Crippen LogP contribution in [0.3, 0.4) is 0 Å². The number of rotatable bonds is 4. The Balaban J connectivity index is 1.83. The van der Waals surface area contributed by atoms with E-state index in [9.17, 15) is 18.4 Å². The molecule has 1 fully saturated rings. The summed E-state index contributed by atoms with van der Waals surface area (Å²) in [5.41, 5.74) is 0.484. The van der Waals surface area contributed by atoms with Gasteiger partial charge in [-0.25, -0.2) is 8.78 Å². The Morgan fingerprint density at radius 1 is 1.20 bits per heavy atom. The number of amides is 2. The lowest BCUT2D eigenvalue weighted by atomic mass is 9.88. The zero-order valence-corrected chi connectivity index (χ0v) is 13.4. The number of hydrogen-bond donors (Lipinski definition) is 2. The number of nitrogens with one attached hydrogen (secondary N) is 2. The van der Waals surface area contributed by atoms with Crippen LogP contribution in [0.2, 0.25) is 0 Å². The summed E-state index contributed by atoms with van der Waals surface area (Å²) in [4.78, 5) is 24.6. The third-order valence-corrected chi connectivity index (χ3v) is 4.22. The molecular formula is C18H16F2N2O3. The molecule has 1 heterocycles. The lowest BCUT2D eigenvalue weighted by Crippen LogP contribution is -2.32. The smallest absolute Gasteiger partial charge is 0.237 e. The number of ether oxygens (including phenoxy) is 1. The number of halogens is 2. The van der Waals surface area contributed by atoms with E-state index in [1.165, 1.54) is 12.1 Å². The third-order valence-electron chi connectivity index (χ3n) is 4.22. The first-order valence-corrected chi connectivity index (χ1v) is 7.68. The van der Waals surface area contributed by atoms with Crippen LogP contribution in [0.15, 0.2) is 42.5 Å². The Labute approximate surface area is 143 Å². The van der Waals surface area contributed by atoms with Gasteiger partial charge in [-0.1, -0.05) is 18.2 Å². The highest BCUT2D eigenvalue weighted by Gasteiger charge is 2.41. The predicted molar refractivity (Wildman–Crippen MR) is 87.2 cm³/mol. The molecule has 0 saturated carbocycles. The van der Waals surface area contributed by atoms with Crippen molar-refractivity contribution in [1.29, 1.82) is 0 Å². The Morgan fingerprint density at radius 2 is 1.92 bits per heavy atom. The zero-order valence-electron chi connectivity index (χ0n) is 13.4. The second-order valence-electron chi connectivity index (χ2n) is 5.69. The monoisotopic (exact) mass is 346 g/mol. The summed E-state index contributed by atoms with van der Waals surface area (Å²) in [5, 5.41) is 4.95. The van der Waals surface area contributed by atoms with Crippen LogP contribution in [0.1, 0.15) is 11.5 Å². The number of anilines is 1. The minimum absolute atomic E-state index is 0.287. The fourth-order valence-electron chi connectivity index (χ4n) is 2.90. The van der Waals surface area contributed by atoms with Gasteiger partial charge in [0.1, 0.15) is 11.7 Å². The summed E-state index contributed by atoms with van der Waals surface area (Å²) in [6, 6.07) is 10.5. The van der Waals surface area contributed by atoms with Gasteiger partial charge in [0.05, 0.1) is 12.8 Å². The van der Waals surface area contributed by atoms with Gasteiger partial charge in [-0.15, -0.1) is 0 Å². The number of benzene rings is 2. The van der Waals surface area contributed by atoms with Gasteiger partial charge in [-0.05, 0) is 29.8 Å². The maximum absolute atomic E-state index is 13.7. The van der Waals surface area contributed by atoms with Gasteiger partial charge >= 0.3 is 0 Å². The molecule has 2 atom stereocenters. The van der Waals surface area contributed by atoms with Crippen LogP contribution in [0, 0.1) is 17.6 Å². The molecule has 25 heavy (non-hydrogen) atoms. The van der Waals surface area contributed by atoms with E-state index in [0.29, 0.717) is 5.75 Å². The van der Waals surface area contributed by atoms with E-state index >= 15 is 0 Å². The van der Waals surface area contributed by atoms with Crippen molar-refractivity contribution in [2.75, 3.05) is 19.0 Å². The van der Waals surface area contributed by atoms with Crippen molar-refractivity contribution >= 4 is 17.5 Å². The van der Waals surface area contributed by atoms with Crippen LogP contribution in [0.4, 0.5) is 14.5 Å². The van der Waals surface area contributed by atoms with Gasteiger partial charge in [0.15, 0.2) is 11.6 Å². The van der Waals surface area contributed by atoms with E-state index in [2.05, 4.69) is 10.6 Å². The summed E-state index contributed by atoms with van der Waals surface area (Å²) >= 11 is 0. The largest absolute Gasteiger partial charge is 0.497 e. The van der Waals surface area contributed by atoms with Gasteiger partial charge in [-0.2, -0.15) is 0 Å². The predicted octanol–water partition coefficient (Wildman–Crippen LogP) is 2.44. The molecule has 0 aliphatic carbocycles. The topological polar surface area (TPSA) is 67.4 Å². The molecular weight excluding hydrogens is 330 g/mol. The van der Waals surface area contributed by atoms with Crippen molar-refractivity contribution in [3.05, 3.63) is 59.7 Å². The van der Waals surface area contributed by atoms with Crippen molar-refractivity contribution in [3.63, 3.8) is 0 Å². The highest BCUT2D eigenvalue weighted by molar-refractivity contribution is 6.08. The summed E-state index contributed by atoms with van der Waals surface area (Å²) in [7, 11) is 1.54. The van der Waals surface area contributed by atoms with E-state index < -0.39 is 35.3 Å². The van der Waals surface area contributed by atoms with Gasteiger partial charge in [0.25, 0.3) is 0 Å². The molecule has 2 aromatic carbocycles. The molecule has 0 spiro atoms. The number of hydrogen-bond acceptors (Lipinski definition) is 3. The molecule has 2 N–H and O–H groups in total. The minimum atomic E-state index is -1.16. The Morgan fingerprint density at radius 3 is 2.60 bits per heavy atom. The standard InChI is InChI=1S/C18H16F2N2O3/c1-25-11-7-5-10(6-8-11)12-9-21-17(23)15(12)18(24)22-14-4-2-3-13(19)16(14)20/h2-8,12,15H,9H2,1H3,(H,21,23)(H,22,24)/t12-,15-/m1/s1. The summed E-state index contributed by atoms with van der Waals surface area (Å²) in [5.74, 6) is -4.14. The number of methoxy groups -OCH3 is 1. The van der Waals surface area contributed by atoms with Crippen molar-refractivity contribution in [3.8, 4) is 5.75 Å². The molecule has 1 aliphatic heterocycles. The number of carbonyl (C=O) groups is 2. The van der Waals surface area contributed by atoms with Crippen molar-refractivity contribution in [2.45, 2.75) is 5.92 Å². The molecule has 2 aromatic rings. The van der Waals surface area contributed by atoms with E-state index in [-0.39, 0.29) is 12.2 Å².